The molecule has 0 aromatic carbocycles. The molecule has 1 fully saturated rings. The largest absolute Gasteiger partial charge is 0.384 e. The molecule has 0 unspecified atom stereocenters. The third kappa shape index (κ3) is 2.76. The normalized spacial score (nSPS) is 17.7. The number of aliphatic hydroxyl groups excluding tert-OH is 1. The zero-order chi connectivity index (χ0) is 13.1. The van der Waals surface area contributed by atoms with Gasteiger partial charge in [-0.05, 0) is 19.9 Å². The number of nitrogens with zero attached hydrogens (tertiary/aromatic N) is 4. The predicted molar refractivity (Wildman–Crippen MR) is 67.2 cm³/mol. The molecule has 1 atom stereocenters. The molecule has 1 aliphatic rings. The third-order valence-electron chi connectivity index (χ3n) is 3.01. The van der Waals surface area contributed by atoms with Gasteiger partial charge in [-0.1, -0.05) is 0 Å². The fourth-order valence-corrected chi connectivity index (χ4v) is 1.98. The van der Waals surface area contributed by atoms with Crippen molar-refractivity contribution < 1.29 is 9.90 Å². The van der Waals surface area contributed by atoms with Gasteiger partial charge in [-0.15, -0.1) is 0 Å². The molecule has 2 rings (SSSR count). The van der Waals surface area contributed by atoms with Gasteiger partial charge in [0, 0.05) is 38.1 Å². The molecule has 1 amide bonds. The first kappa shape index (κ1) is 12.8. The van der Waals surface area contributed by atoms with Gasteiger partial charge in [-0.2, -0.15) is 0 Å². The minimum absolute atomic E-state index is 0.209. The molecule has 1 N–H and O–H groups in total. The van der Waals surface area contributed by atoms with E-state index in [4.69, 9.17) is 0 Å². The van der Waals surface area contributed by atoms with Crippen molar-refractivity contribution >= 4 is 11.9 Å². The lowest BCUT2D eigenvalue weighted by atomic mass is 10.2. The average Bonchev–Trinajstić information content (AvgIpc) is 2.38. The van der Waals surface area contributed by atoms with Crippen LogP contribution in [0.5, 0.6) is 0 Å². The van der Waals surface area contributed by atoms with Crippen molar-refractivity contribution in [3.8, 4) is 0 Å². The van der Waals surface area contributed by atoms with Crippen molar-refractivity contribution in [2.24, 2.45) is 0 Å². The van der Waals surface area contributed by atoms with Crippen molar-refractivity contribution in [2.75, 3.05) is 31.1 Å². The van der Waals surface area contributed by atoms with Gasteiger partial charge >= 0.3 is 0 Å². The van der Waals surface area contributed by atoms with Gasteiger partial charge in [-0.3, -0.25) is 4.79 Å². The molecule has 1 aliphatic heterocycles. The summed E-state index contributed by atoms with van der Waals surface area (Å²) in [4.78, 5) is 23.9. The number of piperazine rings is 1. The number of amides is 1. The summed E-state index contributed by atoms with van der Waals surface area (Å²) in [6, 6.07) is 1.86. The van der Waals surface area contributed by atoms with Crippen LogP contribution in [-0.4, -0.2) is 58.2 Å². The van der Waals surface area contributed by atoms with E-state index in [1.165, 1.54) is 6.92 Å². The summed E-state index contributed by atoms with van der Waals surface area (Å²) in [5.74, 6) is 0.499. The topological polar surface area (TPSA) is 69.6 Å². The Balaban J connectivity index is 1.96. The molecule has 2 heterocycles. The zero-order valence-electron chi connectivity index (χ0n) is 10.7. The van der Waals surface area contributed by atoms with Crippen LogP contribution in [0.25, 0.3) is 0 Å². The van der Waals surface area contributed by atoms with Crippen LogP contribution in [0.4, 0.5) is 5.95 Å². The van der Waals surface area contributed by atoms with Crippen LogP contribution in [0.15, 0.2) is 12.3 Å². The molecule has 1 aromatic heterocycles. The first-order chi connectivity index (χ1) is 8.58. The van der Waals surface area contributed by atoms with E-state index < -0.39 is 6.10 Å². The Morgan fingerprint density at radius 2 is 2.06 bits per heavy atom. The molecule has 0 radical (unpaired) electrons. The fraction of sp³-hybridized carbons (Fsp3) is 0.583. The van der Waals surface area contributed by atoms with Crippen LogP contribution in [0.1, 0.15) is 12.6 Å². The first-order valence-electron chi connectivity index (χ1n) is 6.09. The maximum atomic E-state index is 11.6. The van der Waals surface area contributed by atoms with Gasteiger partial charge < -0.3 is 14.9 Å². The van der Waals surface area contributed by atoms with Crippen LogP contribution in [0.3, 0.4) is 0 Å². The number of hydrogen-bond acceptors (Lipinski definition) is 5. The molecule has 6 nitrogen and oxygen atoms in total. The van der Waals surface area contributed by atoms with Crippen molar-refractivity contribution in [1.29, 1.82) is 0 Å². The number of carbonyl (C=O) groups is 1. The Bertz CT molecular complexity index is 428. The Morgan fingerprint density at radius 1 is 1.39 bits per heavy atom. The molecule has 6 heteroatoms. The summed E-state index contributed by atoms with van der Waals surface area (Å²) in [5.41, 5.74) is 0.933. The maximum absolute atomic E-state index is 11.6. The lowest BCUT2D eigenvalue weighted by molar-refractivity contribution is -0.139. The number of aliphatic hydroxyl groups is 1. The third-order valence-corrected chi connectivity index (χ3v) is 3.01. The summed E-state index contributed by atoms with van der Waals surface area (Å²) >= 11 is 0. The van der Waals surface area contributed by atoms with Gasteiger partial charge in [0.1, 0.15) is 6.10 Å². The summed E-state index contributed by atoms with van der Waals surface area (Å²) in [6.07, 6.45) is 0.817. The van der Waals surface area contributed by atoms with Gasteiger partial charge in [0.05, 0.1) is 0 Å². The highest BCUT2D eigenvalue weighted by atomic mass is 16.3. The highest BCUT2D eigenvalue weighted by Gasteiger charge is 2.24. The summed E-state index contributed by atoms with van der Waals surface area (Å²) in [5, 5.41) is 9.26. The molecule has 0 bridgehead atoms. The van der Waals surface area contributed by atoms with Gasteiger partial charge in [0.25, 0.3) is 5.91 Å². The Labute approximate surface area is 106 Å². The number of rotatable bonds is 2. The second-order valence-electron chi connectivity index (χ2n) is 4.49. The molecule has 1 saturated heterocycles. The second-order valence-corrected chi connectivity index (χ2v) is 4.49. The van der Waals surface area contributed by atoms with Crippen molar-refractivity contribution in [3.63, 3.8) is 0 Å². The fourth-order valence-electron chi connectivity index (χ4n) is 1.98. The number of anilines is 1. The Morgan fingerprint density at radius 3 is 2.61 bits per heavy atom. The Kier molecular flexibility index (Phi) is 3.76. The molecular weight excluding hydrogens is 232 g/mol. The van der Waals surface area contributed by atoms with Crippen molar-refractivity contribution in [3.05, 3.63) is 18.0 Å². The number of aromatic nitrogens is 2. The molecule has 0 spiro atoms. The molecule has 98 valence electrons. The quantitative estimate of drug-likeness (QED) is 0.788. The second kappa shape index (κ2) is 5.30. The van der Waals surface area contributed by atoms with Crippen molar-refractivity contribution in [2.45, 2.75) is 20.0 Å². The predicted octanol–water partition coefficient (Wildman–Crippen LogP) is -0.186. The number of carbonyl (C=O) groups excluding carboxylic acids is 1. The maximum Gasteiger partial charge on any atom is 0.251 e. The van der Waals surface area contributed by atoms with Crippen LogP contribution in [0, 0.1) is 6.92 Å². The lowest BCUT2D eigenvalue weighted by Crippen LogP contribution is -2.51. The summed E-state index contributed by atoms with van der Waals surface area (Å²) in [6.45, 7) is 6.02. The monoisotopic (exact) mass is 250 g/mol. The lowest BCUT2D eigenvalue weighted by Gasteiger charge is -2.35. The van der Waals surface area contributed by atoms with Crippen molar-refractivity contribution in [1.82, 2.24) is 14.9 Å². The van der Waals surface area contributed by atoms with Gasteiger partial charge in [-0.25, -0.2) is 9.97 Å². The first-order valence-corrected chi connectivity index (χ1v) is 6.09. The van der Waals surface area contributed by atoms with Gasteiger partial charge in [0.2, 0.25) is 5.95 Å². The van der Waals surface area contributed by atoms with Gasteiger partial charge in [0.15, 0.2) is 0 Å². The molecule has 0 aliphatic carbocycles. The highest BCUT2D eigenvalue weighted by Crippen LogP contribution is 2.11. The van der Waals surface area contributed by atoms with Crippen LogP contribution >= 0.6 is 0 Å². The van der Waals surface area contributed by atoms with E-state index >= 15 is 0 Å². The smallest absolute Gasteiger partial charge is 0.251 e. The number of hydrogen-bond donors (Lipinski definition) is 1. The van der Waals surface area contributed by atoms with E-state index in [1.807, 2.05) is 13.0 Å². The number of aryl methyl sites for hydroxylation is 1. The average molecular weight is 250 g/mol. The van der Waals surface area contributed by atoms with Crippen LogP contribution < -0.4 is 4.90 Å². The molecular formula is C12H18N4O2. The highest BCUT2D eigenvalue weighted by molar-refractivity contribution is 5.80. The zero-order valence-corrected chi connectivity index (χ0v) is 10.7. The molecule has 18 heavy (non-hydrogen) atoms. The van der Waals surface area contributed by atoms with E-state index in [0.717, 1.165) is 5.69 Å². The molecule has 0 saturated carbocycles. The summed E-state index contributed by atoms with van der Waals surface area (Å²) in [7, 11) is 0. The van der Waals surface area contributed by atoms with E-state index in [1.54, 1.807) is 11.1 Å². The van der Waals surface area contributed by atoms with Crippen LogP contribution in [-0.2, 0) is 4.79 Å². The minimum atomic E-state index is -0.924. The summed E-state index contributed by atoms with van der Waals surface area (Å²) < 4.78 is 0. The minimum Gasteiger partial charge on any atom is -0.384 e. The SMILES string of the molecule is Cc1ccnc(N2CCN(C(=O)[C@H](C)O)CC2)n1. The molecule has 1 aromatic rings. The standard InChI is InChI=1S/C12H18N4O2/c1-9-3-4-13-12(14-9)16-7-5-15(6-8-16)11(18)10(2)17/h3-4,10,17H,5-8H2,1-2H3/t10-/m0/s1. The van der Waals surface area contributed by atoms with E-state index in [9.17, 15) is 9.90 Å². The van der Waals surface area contributed by atoms with E-state index in [0.29, 0.717) is 32.1 Å². The van der Waals surface area contributed by atoms with E-state index in [-0.39, 0.29) is 5.91 Å². The van der Waals surface area contributed by atoms with Crippen LogP contribution in [0.2, 0.25) is 0 Å². The Hall–Kier alpha value is -1.69. The van der Waals surface area contributed by atoms with E-state index in [2.05, 4.69) is 14.9 Å².